The molecule has 1 aliphatic rings. The SMILES string of the molecule is C=C/C=c1\c(=C/C)oc2c(N3CCCC3)nc(C(F)F)nc12.CO.O.[U]. The third-order valence-electron chi connectivity index (χ3n) is 3.75. The molecule has 0 bridgehead atoms. The molecular formula is C17H23F2N3O3U. The van der Waals surface area contributed by atoms with Gasteiger partial charge in [-0.05, 0) is 31.9 Å². The summed E-state index contributed by atoms with van der Waals surface area (Å²) in [5.41, 5.74) is 1.48. The second-order valence-electron chi connectivity index (χ2n) is 5.15. The van der Waals surface area contributed by atoms with Gasteiger partial charge in [-0.25, -0.2) is 18.7 Å². The molecule has 3 rings (SSSR count). The normalized spacial score (nSPS) is 14.8. The minimum Gasteiger partial charge on any atom is -0.451 e. The van der Waals surface area contributed by atoms with Crippen LogP contribution in [0.1, 0.15) is 32.0 Å². The number of fused-ring (bicyclic) bond motifs is 1. The van der Waals surface area contributed by atoms with Gasteiger partial charge in [0.2, 0.25) is 0 Å². The summed E-state index contributed by atoms with van der Waals surface area (Å²) in [6.07, 6.45) is 4.43. The maximum atomic E-state index is 13.2. The van der Waals surface area contributed by atoms with E-state index in [0.29, 0.717) is 27.6 Å². The van der Waals surface area contributed by atoms with Crippen molar-refractivity contribution in [2.45, 2.75) is 26.2 Å². The third kappa shape index (κ3) is 4.92. The number of hydrogen-bond donors (Lipinski definition) is 1. The molecule has 0 aromatic carbocycles. The van der Waals surface area contributed by atoms with Crippen LogP contribution in [0.2, 0.25) is 0 Å². The van der Waals surface area contributed by atoms with Crippen molar-refractivity contribution in [1.29, 1.82) is 0 Å². The second-order valence-corrected chi connectivity index (χ2v) is 5.15. The first kappa shape index (κ1) is 24.7. The molecule has 6 nitrogen and oxygen atoms in total. The Bertz CT molecular complexity index is 834. The molecule has 142 valence electrons. The Balaban J connectivity index is 0.00000151. The Labute approximate surface area is 174 Å². The molecule has 2 aromatic rings. The predicted molar refractivity (Wildman–Crippen MR) is 94.0 cm³/mol. The summed E-state index contributed by atoms with van der Waals surface area (Å²) in [5, 5.41) is 7.66. The number of aliphatic hydroxyl groups excluding tert-OH is 1. The number of hydrogen-bond acceptors (Lipinski definition) is 5. The molecule has 1 aliphatic heterocycles. The van der Waals surface area contributed by atoms with E-state index in [1.165, 1.54) is 0 Å². The van der Waals surface area contributed by atoms with Crippen LogP contribution in [0.15, 0.2) is 17.1 Å². The zero-order chi connectivity index (χ0) is 17.7. The first-order valence-corrected chi connectivity index (χ1v) is 7.73. The Kier molecular flexibility index (Phi) is 10.9. The van der Waals surface area contributed by atoms with Crippen LogP contribution in [-0.2, 0) is 0 Å². The number of halogens is 2. The smallest absolute Gasteiger partial charge is 0.297 e. The summed E-state index contributed by atoms with van der Waals surface area (Å²) in [5.74, 6) is 0.00109. The quantitative estimate of drug-likeness (QED) is 0.580. The topological polar surface area (TPSA) is 93.9 Å². The minimum atomic E-state index is -2.72. The average molecular weight is 593 g/mol. The number of furan rings is 1. The number of nitrogens with zero attached hydrogens (tertiary/aromatic N) is 3. The first-order chi connectivity index (χ1) is 11.7. The molecule has 0 aliphatic carbocycles. The summed E-state index contributed by atoms with van der Waals surface area (Å²) >= 11 is 0. The van der Waals surface area contributed by atoms with E-state index >= 15 is 0 Å². The van der Waals surface area contributed by atoms with Crippen LogP contribution < -0.4 is 15.5 Å². The van der Waals surface area contributed by atoms with Crippen molar-refractivity contribution < 1.29 is 54.9 Å². The van der Waals surface area contributed by atoms with E-state index in [-0.39, 0.29) is 36.6 Å². The molecule has 3 N–H and O–H groups in total. The molecule has 26 heavy (non-hydrogen) atoms. The zero-order valence-corrected chi connectivity index (χ0v) is 19.0. The van der Waals surface area contributed by atoms with Gasteiger partial charge in [-0.15, -0.1) is 0 Å². The second kappa shape index (κ2) is 11.4. The van der Waals surface area contributed by atoms with E-state index in [1.807, 2.05) is 11.8 Å². The summed E-state index contributed by atoms with van der Waals surface area (Å²) in [6.45, 7) is 7.08. The molecule has 1 fully saturated rings. The van der Waals surface area contributed by atoms with Crippen LogP contribution in [-0.4, -0.2) is 40.7 Å². The summed E-state index contributed by atoms with van der Waals surface area (Å²) < 4.78 is 32.1. The molecular weight excluding hydrogens is 570 g/mol. The molecule has 9 heteroatoms. The van der Waals surface area contributed by atoms with Gasteiger partial charge in [0.1, 0.15) is 10.9 Å². The van der Waals surface area contributed by atoms with Crippen molar-refractivity contribution >= 4 is 29.1 Å². The van der Waals surface area contributed by atoms with Crippen molar-refractivity contribution in [3.8, 4) is 0 Å². The standard InChI is InChI=1S/C16H17F2N3O.CH4O.H2O.U/c1-3-7-10-11(4-2)22-13-12(10)19-15(14(17)18)20-16(13)21-8-5-6-9-21;1-2;;/h3-4,7,14H,1,5-6,8-9H2,2H3;2H,1H3;1H2;/b10-7+,11-4+;;;. The number of allylic oxidation sites excluding steroid dienone is 1. The average Bonchev–Trinajstić information content (AvgIpc) is 3.24. The van der Waals surface area contributed by atoms with Crippen LogP contribution in [0.25, 0.3) is 23.3 Å². The zero-order valence-electron chi connectivity index (χ0n) is 14.8. The van der Waals surface area contributed by atoms with Crippen LogP contribution in [0, 0.1) is 31.1 Å². The van der Waals surface area contributed by atoms with Gasteiger partial charge in [0.15, 0.2) is 17.2 Å². The van der Waals surface area contributed by atoms with E-state index in [0.717, 1.165) is 33.0 Å². The Morgan fingerprint density at radius 2 is 1.85 bits per heavy atom. The van der Waals surface area contributed by atoms with Gasteiger partial charge in [0, 0.05) is 56.5 Å². The van der Waals surface area contributed by atoms with E-state index in [4.69, 9.17) is 9.52 Å². The van der Waals surface area contributed by atoms with Gasteiger partial charge >= 0.3 is 0 Å². The molecule has 2 aromatic heterocycles. The minimum absolute atomic E-state index is 0. The molecule has 0 spiro atoms. The fourth-order valence-corrected chi connectivity index (χ4v) is 2.75. The van der Waals surface area contributed by atoms with Gasteiger partial charge in [0.25, 0.3) is 6.43 Å². The fraction of sp³-hybridized carbons (Fsp3) is 0.412. The van der Waals surface area contributed by atoms with Crippen molar-refractivity contribution in [3.63, 3.8) is 0 Å². The largest absolute Gasteiger partial charge is 0.451 e. The third-order valence-corrected chi connectivity index (χ3v) is 3.75. The number of aliphatic hydroxyl groups is 1. The van der Waals surface area contributed by atoms with Gasteiger partial charge in [-0.3, -0.25) is 0 Å². The van der Waals surface area contributed by atoms with Crippen molar-refractivity contribution in [3.05, 3.63) is 29.1 Å². The van der Waals surface area contributed by atoms with Crippen molar-refractivity contribution in [1.82, 2.24) is 9.97 Å². The summed E-state index contributed by atoms with van der Waals surface area (Å²) in [6, 6.07) is 0. The molecule has 0 unspecified atom stereocenters. The van der Waals surface area contributed by atoms with Crippen LogP contribution >= 0.6 is 0 Å². The predicted octanol–water partition coefficient (Wildman–Crippen LogP) is 1.31. The maximum absolute atomic E-state index is 13.2. The molecule has 0 amide bonds. The van der Waals surface area contributed by atoms with E-state index in [9.17, 15) is 8.78 Å². The van der Waals surface area contributed by atoms with E-state index in [2.05, 4.69) is 16.5 Å². The molecule has 1 saturated heterocycles. The number of alkyl halides is 2. The van der Waals surface area contributed by atoms with Crippen molar-refractivity contribution in [2.75, 3.05) is 25.1 Å². The van der Waals surface area contributed by atoms with Gasteiger partial charge < -0.3 is 19.9 Å². The summed E-state index contributed by atoms with van der Waals surface area (Å²) in [4.78, 5) is 10.0. The Hall–Kier alpha value is -1.27. The monoisotopic (exact) mass is 593 g/mol. The van der Waals surface area contributed by atoms with Gasteiger partial charge in [-0.1, -0.05) is 12.7 Å². The maximum Gasteiger partial charge on any atom is 0.297 e. The number of aromatic nitrogens is 2. The summed E-state index contributed by atoms with van der Waals surface area (Å²) in [7, 11) is 1.00. The molecule has 0 saturated carbocycles. The fourth-order valence-electron chi connectivity index (χ4n) is 2.75. The Morgan fingerprint density at radius 3 is 2.35 bits per heavy atom. The molecule has 0 radical (unpaired) electrons. The Morgan fingerprint density at radius 1 is 1.23 bits per heavy atom. The number of anilines is 1. The van der Waals surface area contributed by atoms with Crippen LogP contribution in [0.5, 0.6) is 0 Å². The van der Waals surface area contributed by atoms with Gasteiger partial charge in [-0.2, -0.15) is 0 Å². The number of rotatable bonds is 3. The van der Waals surface area contributed by atoms with Crippen LogP contribution in [0.3, 0.4) is 0 Å². The van der Waals surface area contributed by atoms with Crippen molar-refractivity contribution in [2.24, 2.45) is 0 Å². The van der Waals surface area contributed by atoms with E-state index in [1.54, 1.807) is 18.2 Å². The molecule has 3 heterocycles. The van der Waals surface area contributed by atoms with E-state index < -0.39 is 12.2 Å². The van der Waals surface area contributed by atoms with Gasteiger partial charge in [0.05, 0.1) is 0 Å². The van der Waals surface area contributed by atoms with Crippen LogP contribution in [0.4, 0.5) is 14.6 Å². The first-order valence-electron chi connectivity index (χ1n) is 7.73. The molecule has 0 atom stereocenters.